The third-order valence-corrected chi connectivity index (χ3v) is 4.90. The van der Waals surface area contributed by atoms with Gasteiger partial charge in [0, 0.05) is 24.4 Å². The summed E-state index contributed by atoms with van der Waals surface area (Å²) in [6.07, 6.45) is 3.90. The molecule has 0 amide bonds. The van der Waals surface area contributed by atoms with E-state index < -0.39 is 0 Å². The third kappa shape index (κ3) is 2.42. The van der Waals surface area contributed by atoms with Gasteiger partial charge in [-0.1, -0.05) is 13.0 Å². The molecule has 4 rings (SSSR count). The van der Waals surface area contributed by atoms with E-state index in [1.54, 1.807) is 13.2 Å². The minimum Gasteiger partial charge on any atom is -0.504 e. The number of benzene rings is 1. The number of hydrogen-bond donors (Lipinski definition) is 1. The first kappa shape index (κ1) is 14.4. The predicted molar refractivity (Wildman–Crippen MR) is 80.5 cm³/mol. The zero-order valence-electron chi connectivity index (χ0n) is 12.7. The Labute approximate surface area is 125 Å². The topological polar surface area (TPSA) is 49.8 Å². The maximum absolute atomic E-state index is 12.3. The summed E-state index contributed by atoms with van der Waals surface area (Å²) in [5, 5.41) is 9.78. The van der Waals surface area contributed by atoms with Crippen LogP contribution in [0.2, 0.25) is 0 Å². The number of methoxy groups -OCH3 is 1. The van der Waals surface area contributed by atoms with Gasteiger partial charge in [0.15, 0.2) is 11.5 Å². The Bertz CT molecular complexity index is 543. The number of carbonyl (C=O) groups is 1. The molecule has 2 heterocycles. The van der Waals surface area contributed by atoms with Crippen LogP contribution >= 0.6 is 0 Å². The number of phenolic OH excluding ortho intramolecular Hbond substituents is 1. The van der Waals surface area contributed by atoms with Crippen molar-refractivity contribution >= 4 is 5.78 Å². The molecule has 3 aliphatic rings. The molecular formula is C17H23NO3. The molecule has 3 atom stereocenters. The van der Waals surface area contributed by atoms with Crippen molar-refractivity contribution in [3.05, 3.63) is 23.8 Å². The second-order valence-electron chi connectivity index (χ2n) is 6.12. The number of rotatable bonds is 4. The van der Waals surface area contributed by atoms with Gasteiger partial charge >= 0.3 is 0 Å². The lowest BCUT2D eigenvalue weighted by Crippen LogP contribution is -2.54. The number of fused-ring (bicyclic) bond motifs is 3. The number of ketones is 1. The van der Waals surface area contributed by atoms with Gasteiger partial charge in [0.2, 0.25) is 0 Å². The molecule has 1 aliphatic carbocycles. The SMILES string of the molecule is CCCN1C2CCC(C(=O)C2)C1c1ccc(O)c(OC)c1. The van der Waals surface area contributed by atoms with Crippen LogP contribution < -0.4 is 4.74 Å². The van der Waals surface area contributed by atoms with E-state index >= 15 is 0 Å². The largest absolute Gasteiger partial charge is 0.504 e. The van der Waals surface area contributed by atoms with Gasteiger partial charge in [-0.05, 0) is 43.5 Å². The maximum Gasteiger partial charge on any atom is 0.160 e. The van der Waals surface area contributed by atoms with Crippen LogP contribution in [0.15, 0.2) is 18.2 Å². The van der Waals surface area contributed by atoms with Gasteiger partial charge in [-0.3, -0.25) is 9.69 Å². The Morgan fingerprint density at radius 2 is 2.19 bits per heavy atom. The molecule has 1 aromatic rings. The van der Waals surface area contributed by atoms with Gasteiger partial charge in [-0.25, -0.2) is 0 Å². The van der Waals surface area contributed by atoms with E-state index in [0.29, 0.717) is 24.0 Å². The average Bonchev–Trinajstić information content (AvgIpc) is 2.49. The summed E-state index contributed by atoms with van der Waals surface area (Å²) in [6.45, 7) is 3.20. The number of Topliss-reactive ketones (excluding diaryl/α,β-unsaturated/α-hetero) is 1. The first-order valence-electron chi connectivity index (χ1n) is 7.81. The Balaban J connectivity index is 1.98. The highest BCUT2D eigenvalue weighted by Gasteiger charge is 2.46. The molecule has 4 nitrogen and oxygen atoms in total. The first-order valence-corrected chi connectivity index (χ1v) is 7.81. The van der Waals surface area contributed by atoms with E-state index in [0.717, 1.165) is 31.4 Å². The highest BCUT2D eigenvalue weighted by Crippen LogP contribution is 2.46. The first-order chi connectivity index (χ1) is 10.2. The minimum atomic E-state index is 0.0933. The second-order valence-corrected chi connectivity index (χ2v) is 6.12. The molecule has 1 N–H and O–H groups in total. The molecule has 0 aromatic heterocycles. The van der Waals surface area contributed by atoms with E-state index in [9.17, 15) is 9.90 Å². The van der Waals surface area contributed by atoms with Crippen molar-refractivity contribution in [2.75, 3.05) is 13.7 Å². The highest BCUT2D eigenvalue weighted by atomic mass is 16.5. The van der Waals surface area contributed by atoms with Gasteiger partial charge < -0.3 is 9.84 Å². The molecular weight excluding hydrogens is 266 g/mol. The third-order valence-electron chi connectivity index (χ3n) is 4.90. The van der Waals surface area contributed by atoms with Gasteiger partial charge in [-0.15, -0.1) is 0 Å². The number of ether oxygens (including phenoxy) is 1. The monoisotopic (exact) mass is 289 g/mol. The van der Waals surface area contributed by atoms with Gasteiger partial charge in [0.1, 0.15) is 5.78 Å². The summed E-state index contributed by atoms with van der Waals surface area (Å²) in [5.74, 6) is 1.12. The van der Waals surface area contributed by atoms with Crippen LogP contribution in [0.4, 0.5) is 0 Å². The average molecular weight is 289 g/mol. The predicted octanol–water partition coefficient (Wildman–Crippen LogP) is 2.91. The number of hydrogen-bond acceptors (Lipinski definition) is 4. The molecule has 21 heavy (non-hydrogen) atoms. The lowest BCUT2D eigenvalue weighted by atomic mass is 9.71. The fourth-order valence-corrected chi connectivity index (χ4v) is 3.98. The summed E-state index contributed by atoms with van der Waals surface area (Å²) in [6, 6.07) is 6.01. The molecule has 0 radical (unpaired) electrons. The van der Waals surface area contributed by atoms with E-state index in [2.05, 4.69) is 11.8 Å². The molecule has 3 unspecified atom stereocenters. The van der Waals surface area contributed by atoms with Crippen LogP contribution in [0.3, 0.4) is 0 Å². The quantitative estimate of drug-likeness (QED) is 0.926. The Morgan fingerprint density at radius 1 is 1.38 bits per heavy atom. The summed E-state index contributed by atoms with van der Waals surface area (Å²) in [4.78, 5) is 14.8. The lowest BCUT2D eigenvalue weighted by Gasteiger charge is -2.50. The van der Waals surface area contributed by atoms with Gasteiger partial charge in [0.25, 0.3) is 0 Å². The number of nitrogens with zero attached hydrogens (tertiary/aromatic N) is 1. The number of aromatic hydroxyl groups is 1. The van der Waals surface area contributed by atoms with Crippen molar-refractivity contribution in [1.29, 1.82) is 0 Å². The summed E-state index contributed by atoms with van der Waals surface area (Å²) in [5.41, 5.74) is 1.08. The molecule has 0 spiro atoms. The number of phenols is 1. The summed E-state index contributed by atoms with van der Waals surface area (Å²) >= 11 is 0. The van der Waals surface area contributed by atoms with Crippen LogP contribution in [0, 0.1) is 5.92 Å². The molecule has 4 heteroatoms. The van der Waals surface area contributed by atoms with Crippen LogP contribution in [0.5, 0.6) is 11.5 Å². The van der Waals surface area contributed by atoms with Gasteiger partial charge in [-0.2, -0.15) is 0 Å². The van der Waals surface area contributed by atoms with E-state index in [1.165, 1.54) is 0 Å². The highest BCUT2D eigenvalue weighted by molar-refractivity contribution is 5.84. The number of carbonyl (C=O) groups excluding carboxylic acids is 1. The fourth-order valence-electron chi connectivity index (χ4n) is 3.98. The molecule has 114 valence electrons. The normalized spacial score (nSPS) is 28.9. The van der Waals surface area contributed by atoms with Crippen molar-refractivity contribution in [3.8, 4) is 11.5 Å². The molecule has 2 saturated heterocycles. The standard InChI is InChI=1S/C17H23NO3/c1-3-8-18-12-5-6-13(15(20)10-12)17(18)11-4-7-14(19)16(9-11)21-2/h4,7,9,12-13,17,19H,3,5-6,8,10H2,1-2H3. The van der Waals surface area contributed by atoms with Crippen molar-refractivity contribution in [1.82, 2.24) is 4.90 Å². The van der Waals surface area contributed by atoms with Crippen LogP contribution in [0.1, 0.15) is 44.2 Å². The summed E-state index contributed by atoms with van der Waals surface area (Å²) < 4.78 is 5.23. The fraction of sp³-hybridized carbons (Fsp3) is 0.588. The molecule has 1 aromatic carbocycles. The molecule has 2 aliphatic heterocycles. The zero-order valence-corrected chi connectivity index (χ0v) is 12.7. The zero-order chi connectivity index (χ0) is 15.0. The second kappa shape index (κ2) is 5.68. The Hall–Kier alpha value is -1.55. The van der Waals surface area contributed by atoms with Crippen LogP contribution in [0.25, 0.3) is 0 Å². The van der Waals surface area contributed by atoms with Crippen molar-refractivity contribution in [2.24, 2.45) is 5.92 Å². The van der Waals surface area contributed by atoms with Crippen LogP contribution in [-0.2, 0) is 4.79 Å². The Kier molecular flexibility index (Phi) is 3.89. The molecule has 3 fully saturated rings. The maximum atomic E-state index is 12.3. The van der Waals surface area contributed by atoms with Gasteiger partial charge in [0.05, 0.1) is 7.11 Å². The van der Waals surface area contributed by atoms with E-state index in [4.69, 9.17) is 4.74 Å². The molecule has 1 saturated carbocycles. The minimum absolute atomic E-state index is 0.0933. The summed E-state index contributed by atoms with van der Waals surface area (Å²) in [7, 11) is 1.56. The van der Waals surface area contributed by atoms with Crippen molar-refractivity contribution in [2.45, 2.75) is 44.7 Å². The Morgan fingerprint density at radius 3 is 2.86 bits per heavy atom. The van der Waals surface area contributed by atoms with Crippen molar-refractivity contribution < 1.29 is 14.6 Å². The lowest BCUT2D eigenvalue weighted by molar-refractivity contribution is -0.138. The number of piperidine rings is 2. The van der Waals surface area contributed by atoms with E-state index in [1.807, 2.05) is 12.1 Å². The van der Waals surface area contributed by atoms with Crippen molar-refractivity contribution in [3.63, 3.8) is 0 Å². The van der Waals surface area contributed by atoms with Crippen LogP contribution in [-0.4, -0.2) is 35.5 Å². The molecule has 2 bridgehead atoms. The van der Waals surface area contributed by atoms with E-state index in [-0.39, 0.29) is 17.7 Å². The smallest absolute Gasteiger partial charge is 0.160 e.